The van der Waals surface area contributed by atoms with Crippen LogP contribution in [0.15, 0.2) is 54.6 Å². The minimum atomic E-state index is -0.441. The molecule has 164 valence electrons. The zero-order valence-electron chi connectivity index (χ0n) is 18.2. The average molecular weight is 423 g/mol. The first-order chi connectivity index (χ1) is 15.1. The molecule has 3 atom stereocenters. The van der Waals surface area contributed by atoms with Crippen molar-refractivity contribution >= 4 is 11.8 Å². The Morgan fingerprint density at radius 2 is 1.81 bits per heavy atom. The van der Waals surface area contributed by atoms with Crippen LogP contribution in [0.3, 0.4) is 0 Å². The molecule has 2 saturated heterocycles. The third-order valence-electron chi connectivity index (χ3n) is 5.96. The fourth-order valence-corrected chi connectivity index (χ4v) is 4.54. The normalized spacial score (nSPS) is 23.6. The van der Waals surface area contributed by atoms with E-state index < -0.39 is 6.04 Å². The lowest BCUT2D eigenvalue weighted by Gasteiger charge is -2.39. The summed E-state index contributed by atoms with van der Waals surface area (Å²) in [6.07, 6.45) is 1.29. The van der Waals surface area contributed by atoms with Gasteiger partial charge in [0.1, 0.15) is 17.9 Å². The van der Waals surface area contributed by atoms with Crippen LogP contribution in [0.1, 0.15) is 48.7 Å². The molecule has 0 saturated carbocycles. The van der Waals surface area contributed by atoms with Crippen molar-refractivity contribution in [2.75, 3.05) is 26.2 Å². The predicted molar refractivity (Wildman–Crippen MR) is 118 cm³/mol. The number of likely N-dealkylation sites (tertiary alicyclic amines) is 1. The molecule has 0 aliphatic carbocycles. The summed E-state index contributed by atoms with van der Waals surface area (Å²) in [4.78, 5) is 30.5. The minimum Gasteiger partial charge on any atom is -0.493 e. The molecule has 0 aromatic heterocycles. The Bertz CT molecular complexity index is 917. The standard InChI is InChI=1S/C25H30N2O4/c1-3-30-22-14-8-7-12-20(22)24(28)27-15-9-13-21(27)25(29)26-16-18(2)31-23(17-26)19-10-5-4-6-11-19/h4-8,10-12,14,18,21,23H,3,9,13,15-17H2,1-2H3. The van der Waals surface area contributed by atoms with E-state index in [2.05, 4.69) is 0 Å². The molecule has 3 unspecified atom stereocenters. The molecule has 31 heavy (non-hydrogen) atoms. The highest BCUT2D eigenvalue weighted by molar-refractivity contribution is 6.00. The van der Waals surface area contributed by atoms with Gasteiger partial charge < -0.3 is 19.3 Å². The zero-order valence-corrected chi connectivity index (χ0v) is 18.2. The van der Waals surface area contributed by atoms with Crippen molar-refractivity contribution in [3.63, 3.8) is 0 Å². The maximum atomic E-state index is 13.5. The van der Waals surface area contributed by atoms with Gasteiger partial charge in [-0.05, 0) is 44.4 Å². The maximum absolute atomic E-state index is 13.5. The van der Waals surface area contributed by atoms with Crippen molar-refractivity contribution < 1.29 is 19.1 Å². The number of hydrogen-bond donors (Lipinski definition) is 0. The molecule has 4 rings (SSSR count). The summed E-state index contributed by atoms with van der Waals surface area (Å²) in [7, 11) is 0. The van der Waals surface area contributed by atoms with E-state index in [9.17, 15) is 9.59 Å². The van der Waals surface area contributed by atoms with E-state index in [1.165, 1.54) is 0 Å². The fraction of sp³-hybridized carbons (Fsp3) is 0.440. The van der Waals surface area contributed by atoms with Crippen molar-refractivity contribution in [1.29, 1.82) is 0 Å². The number of para-hydroxylation sites is 1. The van der Waals surface area contributed by atoms with Crippen LogP contribution >= 0.6 is 0 Å². The Hall–Kier alpha value is -2.86. The molecule has 6 heteroatoms. The van der Waals surface area contributed by atoms with E-state index >= 15 is 0 Å². The van der Waals surface area contributed by atoms with Gasteiger partial charge in [0.25, 0.3) is 5.91 Å². The van der Waals surface area contributed by atoms with Gasteiger partial charge in [-0.3, -0.25) is 9.59 Å². The number of benzene rings is 2. The Balaban J connectivity index is 1.52. The number of morpholine rings is 1. The maximum Gasteiger partial charge on any atom is 0.258 e. The van der Waals surface area contributed by atoms with Gasteiger partial charge in [-0.2, -0.15) is 0 Å². The molecule has 2 aromatic rings. The summed E-state index contributed by atoms with van der Waals surface area (Å²) in [6.45, 7) is 5.99. The van der Waals surface area contributed by atoms with E-state index in [-0.39, 0.29) is 24.0 Å². The summed E-state index contributed by atoms with van der Waals surface area (Å²) >= 11 is 0. The first kappa shape index (κ1) is 21.4. The fourth-order valence-electron chi connectivity index (χ4n) is 4.54. The molecule has 2 aromatic carbocycles. The highest BCUT2D eigenvalue weighted by Gasteiger charge is 2.40. The average Bonchev–Trinajstić information content (AvgIpc) is 3.29. The first-order valence-corrected chi connectivity index (χ1v) is 11.1. The van der Waals surface area contributed by atoms with E-state index in [1.807, 2.05) is 61.2 Å². The van der Waals surface area contributed by atoms with Crippen molar-refractivity contribution in [3.05, 3.63) is 65.7 Å². The summed E-state index contributed by atoms with van der Waals surface area (Å²) in [5.41, 5.74) is 1.58. The molecule has 2 aliphatic heterocycles. The lowest BCUT2D eigenvalue weighted by atomic mass is 10.0. The predicted octanol–water partition coefficient (Wildman–Crippen LogP) is 3.68. The number of amides is 2. The topological polar surface area (TPSA) is 59.1 Å². The van der Waals surface area contributed by atoms with Gasteiger partial charge in [0, 0.05) is 13.1 Å². The Labute approximate surface area is 183 Å². The summed E-state index contributed by atoms with van der Waals surface area (Å²) in [5, 5.41) is 0. The Morgan fingerprint density at radius 3 is 2.58 bits per heavy atom. The first-order valence-electron chi connectivity index (χ1n) is 11.1. The van der Waals surface area contributed by atoms with Gasteiger partial charge in [0.15, 0.2) is 0 Å². The van der Waals surface area contributed by atoms with Gasteiger partial charge in [0.05, 0.1) is 24.8 Å². The molecular weight excluding hydrogens is 392 g/mol. The van der Waals surface area contributed by atoms with Crippen molar-refractivity contribution in [2.24, 2.45) is 0 Å². The quantitative estimate of drug-likeness (QED) is 0.738. The lowest BCUT2D eigenvalue weighted by molar-refractivity contribution is -0.148. The molecule has 0 radical (unpaired) electrons. The van der Waals surface area contributed by atoms with Gasteiger partial charge in [-0.15, -0.1) is 0 Å². The number of carbonyl (C=O) groups excluding carboxylic acids is 2. The molecule has 2 fully saturated rings. The van der Waals surface area contributed by atoms with E-state index in [0.717, 1.165) is 12.0 Å². The minimum absolute atomic E-state index is 0.0100. The van der Waals surface area contributed by atoms with Crippen LogP contribution in [-0.2, 0) is 9.53 Å². The Morgan fingerprint density at radius 1 is 1.06 bits per heavy atom. The molecule has 2 amide bonds. The Kier molecular flexibility index (Phi) is 6.56. The summed E-state index contributed by atoms with van der Waals surface area (Å²) in [5.74, 6) is 0.439. The summed E-state index contributed by atoms with van der Waals surface area (Å²) in [6, 6.07) is 16.8. The highest BCUT2D eigenvalue weighted by atomic mass is 16.5. The van der Waals surface area contributed by atoms with Gasteiger partial charge in [-0.1, -0.05) is 42.5 Å². The third-order valence-corrected chi connectivity index (χ3v) is 5.96. The summed E-state index contributed by atoms with van der Waals surface area (Å²) < 4.78 is 11.8. The monoisotopic (exact) mass is 422 g/mol. The van der Waals surface area contributed by atoms with Crippen LogP contribution in [0.4, 0.5) is 0 Å². The third kappa shape index (κ3) is 4.59. The number of nitrogens with zero attached hydrogens (tertiary/aromatic N) is 2. The van der Waals surface area contributed by atoms with Gasteiger partial charge in [-0.25, -0.2) is 0 Å². The molecule has 2 heterocycles. The largest absolute Gasteiger partial charge is 0.493 e. The lowest BCUT2D eigenvalue weighted by Crippen LogP contribution is -2.53. The van der Waals surface area contributed by atoms with E-state index in [0.29, 0.717) is 44.0 Å². The van der Waals surface area contributed by atoms with Crippen LogP contribution in [-0.4, -0.2) is 60.0 Å². The molecule has 0 bridgehead atoms. The van der Waals surface area contributed by atoms with Crippen LogP contribution < -0.4 is 4.74 Å². The second-order valence-electron chi connectivity index (χ2n) is 8.17. The second-order valence-corrected chi connectivity index (χ2v) is 8.17. The van der Waals surface area contributed by atoms with Crippen LogP contribution in [0.2, 0.25) is 0 Å². The number of ether oxygens (including phenoxy) is 2. The van der Waals surface area contributed by atoms with Crippen LogP contribution in [0.5, 0.6) is 5.75 Å². The van der Waals surface area contributed by atoms with Gasteiger partial charge in [0.2, 0.25) is 5.91 Å². The number of hydrogen-bond acceptors (Lipinski definition) is 4. The molecular formula is C25H30N2O4. The number of rotatable bonds is 5. The SMILES string of the molecule is CCOc1ccccc1C(=O)N1CCCC1C(=O)N1CC(C)OC(c2ccccc2)C1. The van der Waals surface area contributed by atoms with Crippen molar-refractivity contribution in [1.82, 2.24) is 9.80 Å². The molecule has 2 aliphatic rings. The molecule has 0 N–H and O–H groups in total. The smallest absolute Gasteiger partial charge is 0.258 e. The highest BCUT2D eigenvalue weighted by Crippen LogP contribution is 2.29. The van der Waals surface area contributed by atoms with Crippen molar-refractivity contribution in [3.8, 4) is 5.75 Å². The van der Waals surface area contributed by atoms with E-state index in [4.69, 9.17) is 9.47 Å². The van der Waals surface area contributed by atoms with Crippen LogP contribution in [0, 0.1) is 0 Å². The van der Waals surface area contributed by atoms with E-state index in [1.54, 1.807) is 17.0 Å². The van der Waals surface area contributed by atoms with Crippen LogP contribution in [0.25, 0.3) is 0 Å². The number of carbonyl (C=O) groups is 2. The van der Waals surface area contributed by atoms with Crippen molar-refractivity contribution in [2.45, 2.75) is 44.9 Å². The second kappa shape index (κ2) is 9.52. The molecule has 6 nitrogen and oxygen atoms in total. The molecule has 0 spiro atoms. The van der Waals surface area contributed by atoms with Gasteiger partial charge >= 0.3 is 0 Å². The zero-order chi connectivity index (χ0) is 21.8.